The van der Waals surface area contributed by atoms with Crippen molar-refractivity contribution in [1.82, 2.24) is 0 Å². The van der Waals surface area contributed by atoms with Gasteiger partial charge in [0.05, 0.1) is 0 Å². The quantitative estimate of drug-likeness (QED) is 0.814. The lowest BCUT2D eigenvalue weighted by Crippen LogP contribution is -1.92. The molecule has 0 aliphatic rings. The third kappa shape index (κ3) is 4.10. The topological polar surface area (TPSA) is 20.2 Å². The number of phenolic OH excluding ortho intramolecular Hbond substituents is 1. The molecule has 1 nitrogen and oxygen atoms in total. The summed E-state index contributed by atoms with van der Waals surface area (Å²) in [6.07, 6.45) is 4.25. The summed E-state index contributed by atoms with van der Waals surface area (Å²) in [6, 6.07) is 14.2. The molecule has 0 saturated carbocycles. The third-order valence-corrected chi connectivity index (χ3v) is 3.74. The van der Waals surface area contributed by atoms with Gasteiger partial charge in [-0.15, -0.1) is 0 Å². The van der Waals surface area contributed by atoms with Gasteiger partial charge in [-0.05, 0) is 47.7 Å². The number of rotatable bonds is 5. The van der Waals surface area contributed by atoms with E-state index in [0.717, 1.165) is 22.9 Å². The molecule has 2 rings (SSSR count). The van der Waals surface area contributed by atoms with Crippen LogP contribution in [0.3, 0.4) is 0 Å². The van der Waals surface area contributed by atoms with Gasteiger partial charge in [0.1, 0.15) is 5.75 Å². The number of benzene rings is 2. The highest BCUT2D eigenvalue weighted by Gasteiger charge is 2.05. The molecule has 2 aromatic rings. The minimum absolute atomic E-state index is 0.389. The molecule has 0 spiro atoms. The molecule has 19 heavy (non-hydrogen) atoms. The molecule has 0 atom stereocenters. The Morgan fingerprint density at radius 3 is 2.63 bits per heavy atom. The first-order chi connectivity index (χ1) is 9.19. The van der Waals surface area contributed by atoms with Crippen LogP contribution in [-0.4, -0.2) is 5.11 Å². The Balaban J connectivity index is 2.19. The molecule has 0 amide bonds. The van der Waals surface area contributed by atoms with Gasteiger partial charge < -0.3 is 5.11 Å². The zero-order valence-electron chi connectivity index (χ0n) is 11.2. The second kappa shape index (κ2) is 6.76. The predicted molar refractivity (Wildman–Crippen MR) is 83.7 cm³/mol. The van der Waals surface area contributed by atoms with Crippen LogP contribution in [0.25, 0.3) is 0 Å². The minimum atomic E-state index is 0.389. The van der Waals surface area contributed by atoms with E-state index in [1.165, 1.54) is 24.0 Å². The largest absolute Gasteiger partial charge is 0.508 e. The van der Waals surface area contributed by atoms with Crippen molar-refractivity contribution in [2.24, 2.45) is 0 Å². The SMILES string of the molecule is CCCCc1ccc(O)c(Cc2cccc(Br)c2)c1. The molecule has 2 aromatic carbocycles. The molecule has 0 aliphatic heterocycles. The molecule has 2 heteroatoms. The van der Waals surface area contributed by atoms with Crippen LogP contribution in [0.4, 0.5) is 0 Å². The van der Waals surface area contributed by atoms with Crippen LogP contribution in [0.15, 0.2) is 46.9 Å². The standard InChI is InChI=1S/C17H19BrO/c1-2-3-5-13-8-9-17(19)15(10-13)11-14-6-4-7-16(18)12-14/h4,6-10,12,19H,2-3,5,11H2,1H3. The van der Waals surface area contributed by atoms with Crippen molar-refractivity contribution < 1.29 is 5.11 Å². The lowest BCUT2D eigenvalue weighted by molar-refractivity contribution is 0.469. The number of hydrogen-bond donors (Lipinski definition) is 1. The van der Waals surface area contributed by atoms with E-state index in [0.29, 0.717) is 5.75 Å². The molecule has 100 valence electrons. The molecule has 1 N–H and O–H groups in total. The fourth-order valence-corrected chi connectivity index (χ4v) is 2.63. The van der Waals surface area contributed by atoms with Gasteiger partial charge >= 0.3 is 0 Å². The van der Waals surface area contributed by atoms with Crippen LogP contribution >= 0.6 is 15.9 Å². The molecule has 0 bridgehead atoms. The Bertz CT molecular complexity index is 549. The van der Waals surface area contributed by atoms with Crippen molar-refractivity contribution >= 4 is 15.9 Å². The highest BCUT2D eigenvalue weighted by molar-refractivity contribution is 9.10. The Morgan fingerprint density at radius 1 is 1.05 bits per heavy atom. The summed E-state index contributed by atoms with van der Waals surface area (Å²) in [5.74, 6) is 0.389. The van der Waals surface area contributed by atoms with Crippen molar-refractivity contribution in [3.63, 3.8) is 0 Å². The number of hydrogen-bond acceptors (Lipinski definition) is 1. The first kappa shape index (κ1) is 14.1. The van der Waals surface area contributed by atoms with Crippen molar-refractivity contribution in [2.75, 3.05) is 0 Å². The van der Waals surface area contributed by atoms with E-state index in [1.54, 1.807) is 0 Å². The lowest BCUT2D eigenvalue weighted by Gasteiger charge is -2.08. The summed E-state index contributed by atoms with van der Waals surface area (Å²) in [4.78, 5) is 0. The molecule has 0 aliphatic carbocycles. The van der Waals surface area contributed by atoms with Crippen molar-refractivity contribution in [3.8, 4) is 5.75 Å². The highest BCUT2D eigenvalue weighted by atomic mass is 79.9. The van der Waals surface area contributed by atoms with Gasteiger partial charge in [0.25, 0.3) is 0 Å². The van der Waals surface area contributed by atoms with Crippen LogP contribution in [0, 0.1) is 0 Å². The molecule has 0 heterocycles. The smallest absolute Gasteiger partial charge is 0.119 e. The molecule has 0 fully saturated rings. The zero-order valence-corrected chi connectivity index (χ0v) is 12.8. The van der Waals surface area contributed by atoms with Crippen LogP contribution in [0.1, 0.15) is 36.5 Å². The number of phenols is 1. The summed E-state index contributed by atoms with van der Waals surface area (Å²) in [6.45, 7) is 2.20. The molecular formula is C17H19BrO. The maximum absolute atomic E-state index is 9.98. The Kier molecular flexibility index (Phi) is 5.03. The van der Waals surface area contributed by atoms with Crippen LogP contribution in [-0.2, 0) is 12.8 Å². The fraction of sp³-hybridized carbons (Fsp3) is 0.294. The van der Waals surface area contributed by atoms with Crippen LogP contribution in [0.5, 0.6) is 5.75 Å². The third-order valence-electron chi connectivity index (χ3n) is 3.25. The van der Waals surface area contributed by atoms with E-state index in [9.17, 15) is 5.11 Å². The normalized spacial score (nSPS) is 10.6. The van der Waals surface area contributed by atoms with Gasteiger partial charge in [-0.3, -0.25) is 0 Å². The van der Waals surface area contributed by atoms with Crippen LogP contribution in [0.2, 0.25) is 0 Å². The summed E-state index contributed by atoms with van der Waals surface area (Å²) >= 11 is 3.48. The average Bonchev–Trinajstić information content (AvgIpc) is 2.40. The molecule has 0 saturated heterocycles. The minimum Gasteiger partial charge on any atom is -0.508 e. The monoisotopic (exact) mass is 318 g/mol. The van der Waals surface area contributed by atoms with E-state index in [2.05, 4.69) is 41.1 Å². The number of aromatic hydroxyl groups is 1. The Morgan fingerprint density at radius 2 is 1.89 bits per heavy atom. The fourth-order valence-electron chi connectivity index (χ4n) is 2.18. The van der Waals surface area contributed by atoms with Crippen molar-refractivity contribution in [2.45, 2.75) is 32.6 Å². The number of aryl methyl sites for hydroxylation is 1. The molecule has 0 unspecified atom stereocenters. The summed E-state index contributed by atoms with van der Waals surface area (Å²) < 4.78 is 1.08. The predicted octanol–water partition coefficient (Wildman–Crippen LogP) is 5.09. The van der Waals surface area contributed by atoms with E-state index >= 15 is 0 Å². The summed E-state index contributed by atoms with van der Waals surface area (Å²) in [5.41, 5.74) is 3.52. The van der Waals surface area contributed by atoms with Crippen molar-refractivity contribution in [1.29, 1.82) is 0 Å². The molecular weight excluding hydrogens is 300 g/mol. The van der Waals surface area contributed by atoms with Gasteiger partial charge in [0.2, 0.25) is 0 Å². The number of halogens is 1. The van der Waals surface area contributed by atoms with Crippen molar-refractivity contribution in [3.05, 3.63) is 63.6 Å². The Labute approximate surface area is 123 Å². The first-order valence-corrected chi connectivity index (χ1v) is 7.53. The van der Waals surface area contributed by atoms with Gasteiger partial charge in [-0.1, -0.05) is 53.5 Å². The van der Waals surface area contributed by atoms with E-state index < -0.39 is 0 Å². The van der Waals surface area contributed by atoms with Gasteiger partial charge in [0.15, 0.2) is 0 Å². The van der Waals surface area contributed by atoms with E-state index in [1.807, 2.05) is 24.3 Å². The second-order valence-corrected chi connectivity index (χ2v) is 5.79. The second-order valence-electron chi connectivity index (χ2n) is 4.87. The van der Waals surface area contributed by atoms with Crippen LogP contribution < -0.4 is 0 Å². The van der Waals surface area contributed by atoms with Gasteiger partial charge in [-0.2, -0.15) is 0 Å². The lowest BCUT2D eigenvalue weighted by atomic mass is 9.99. The average molecular weight is 319 g/mol. The highest BCUT2D eigenvalue weighted by Crippen LogP contribution is 2.24. The summed E-state index contributed by atoms with van der Waals surface area (Å²) in [7, 11) is 0. The first-order valence-electron chi connectivity index (χ1n) is 6.74. The Hall–Kier alpha value is -1.28. The van der Waals surface area contributed by atoms with E-state index in [4.69, 9.17) is 0 Å². The molecule has 0 radical (unpaired) electrons. The summed E-state index contributed by atoms with van der Waals surface area (Å²) in [5, 5.41) is 9.98. The van der Waals surface area contributed by atoms with E-state index in [-0.39, 0.29) is 0 Å². The van der Waals surface area contributed by atoms with Gasteiger partial charge in [-0.25, -0.2) is 0 Å². The zero-order chi connectivity index (χ0) is 13.7. The maximum Gasteiger partial charge on any atom is 0.119 e. The number of unbranched alkanes of at least 4 members (excludes halogenated alkanes) is 1. The van der Waals surface area contributed by atoms with Gasteiger partial charge in [0, 0.05) is 10.9 Å². The molecule has 0 aromatic heterocycles. The maximum atomic E-state index is 9.98.